The van der Waals surface area contributed by atoms with Crippen molar-refractivity contribution in [3.8, 4) is 23.1 Å². The molecule has 3 N–H and O–H groups in total. The Balaban J connectivity index is 1.71. The summed E-state index contributed by atoms with van der Waals surface area (Å²) < 4.78 is 15.9. The van der Waals surface area contributed by atoms with Crippen molar-refractivity contribution in [3.05, 3.63) is 42.0 Å². The summed E-state index contributed by atoms with van der Waals surface area (Å²) in [5.41, 5.74) is 4.35. The zero-order valence-electron chi connectivity index (χ0n) is 16.0. The molecule has 1 aromatic heterocycles. The van der Waals surface area contributed by atoms with Gasteiger partial charge in [0.25, 0.3) is 0 Å². The van der Waals surface area contributed by atoms with Gasteiger partial charge in [-0.05, 0) is 30.4 Å². The fourth-order valence-corrected chi connectivity index (χ4v) is 2.76. The molecule has 0 saturated carbocycles. The quantitative estimate of drug-likeness (QED) is 0.245. The van der Waals surface area contributed by atoms with Gasteiger partial charge in [0.2, 0.25) is 16.7 Å². The third-order valence-corrected chi connectivity index (χ3v) is 4.13. The van der Waals surface area contributed by atoms with E-state index in [1.807, 2.05) is 24.3 Å². The van der Waals surface area contributed by atoms with Crippen LogP contribution in [0.5, 0.6) is 23.1 Å². The monoisotopic (exact) mass is 413 g/mol. The number of benzene rings is 2. The van der Waals surface area contributed by atoms with Crippen LogP contribution in [0.1, 0.15) is 5.56 Å². The number of hydrogen-bond donors (Lipinski definition) is 3. The maximum absolute atomic E-state index is 9.98. The standard InChI is InChI=1S/C19H19N5O4S/c1-26-14-8-11(9-15(27-2)17(14)28-3)10-20-23-19(29)24-22-16-12-6-4-5-7-13(12)21-18(16)25/h4-10,21,25H,1-3H3,(H,23,29)/b20-10+,24-22?. The Morgan fingerprint density at radius 2 is 1.79 bits per heavy atom. The van der Waals surface area contributed by atoms with E-state index in [-0.39, 0.29) is 11.0 Å². The number of thiocarbonyl (C=S) groups is 1. The SMILES string of the molecule is COc1cc(/C=N/NC(=S)N=Nc2c(O)[nH]c3ccccc23)cc(OC)c1OC. The number of fused-ring (bicyclic) bond motifs is 1. The Kier molecular flexibility index (Phi) is 6.25. The molecule has 0 saturated heterocycles. The molecule has 0 spiro atoms. The molecule has 0 fully saturated rings. The summed E-state index contributed by atoms with van der Waals surface area (Å²) in [6.07, 6.45) is 1.52. The third-order valence-electron chi connectivity index (χ3n) is 3.96. The highest BCUT2D eigenvalue weighted by Crippen LogP contribution is 2.38. The lowest BCUT2D eigenvalue weighted by atomic mass is 10.2. The van der Waals surface area contributed by atoms with Gasteiger partial charge in [-0.1, -0.05) is 18.2 Å². The Labute approximate surface area is 172 Å². The minimum atomic E-state index is -0.0846. The number of aromatic amines is 1. The largest absolute Gasteiger partial charge is 0.493 e. The Morgan fingerprint density at radius 3 is 2.45 bits per heavy atom. The fourth-order valence-electron chi connectivity index (χ4n) is 2.67. The van der Waals surface area contributed by atoms with Crippen molar-refractivity contribution < 1.29 is 19.3 Å². The molecule has 29 heavy (non-hydrogen) atoms. The second kappa shape index (κ2) is 9.02. The third kappa shape index (κ3) is 4.43. The summed E-state index contributed by atoms with van der Waals surface area (Å²) in [6, 6.07) is 10.8. The first-order chi connectivity index (χ1) is 14.1. The fraction of sp³-hybridized carbons (Fsp3) is 0.158. The molecule has 0 aliphatic rings. The topological polar surface area (TPSA) is 113 Å². The molecule has 0 unspecified atom stereocenters. The number of azo groups is 1. The first-order valence-corrected chi connectivity index (χ1v) is 8.82. The summed E-state index contributed by atoms with van der Waals surface area (Å²) >= 11 is 5.10. The van der Waals surface area contributed by atoms with Gasteiger partial charge < -0.3 is 24.3 Å². The second-order valence-electron chi connectivity index (χ2n) is 5.70. The minimum absolute atomic E-state index is 0.0263. The van der Waals surface area contributed by atoms with Crippen LogP contribution in [0.15, 0.2) is 51.7 Å². The van der Waals surface area contributed by atoms with E-state index in [4.69, 9.17) is 26.4 Å². The Morgan fingerprint density at radius 1 is 1.10 bits per heavy atom. The highest BCUT2D eigenvalue weighted by molar-refractivity contribution is 7.80. The molecular formula is C19H19N5O4S. The molecule has 0 amide bonds. The number of nitrogens with zero attached hydrogens (tertiary/aromatic N) is 3. The van der Waals surface area contributed by atoms with Crippen LogP contribution >= 0.6 is 12.2 Å². The van der Waals surface area contributed by atoms with Crippen LogP contribution in [0.3, 0.4) is 0 Å². The van der Waals surface area contributed by atoms with E-state index in [2.05, 4.69) is 25.7 Å². The number of para-hydroxylation sites is 1. The lowest BCUT2D eigenvalue weighted by Gasteiger charge is -2.12. The number of ether oxygens (including phenoxy) is 3. The smallest absolute Gasteiger partial charge is 0.234 e. The molecule has 3 aromatic rings. The van der Waals surface area contributed by atoms with Gasteiger partial charge in [-0.15, -0.1) is 10.2 Å². The van der Waals surface area contributed by atoms with Gasteiger partial charge in [-0.25, -0.2) is 0 Å². The van der Waals surface area contributed by atoms with Crippen LogP contribution in [-0.2, 0) is 0 Å². The van der Waals surface area contributed by atoms with E-state index >= 15 is 0 Å². The number of methoxy groups -OCH3 is 3. The van der Waals surface area contributed by atoms with E-state index in [0.717, 1.165) is 10.9 Å². The van der Waals surface area contributed by atoms with Crippen molar-refractivity contribution in [1.29, 1.82) is 0 Å². The summed E-state index contributed by atoms with van der Waals surface area (Å²) in [7, 11) is 4.60. The van der Waals surface area contributed by atoms with Gasteiger partial charge in [0.1, 0.15) is 0 Å². The number of aromatic nitrogens is 1. The zero-order chi connectivity index (χ0) is 20.8. The highest BCUT2D eigenvalue weighted by Gasteiger charge is 2.12. The first kappa shape index (κ1) is 20.1. The molecule has 0 atom stereocenters. The van der Waals surface area contributed by atoms with Crippen LogP contribution in [0.25, 0.3) is 10.9 Å². The van der Waals surface area contributed by atoms with Gasteiger partial charge in [0.05, 0.1) is 33.1 Å². The second-order valence-corrected chi connectivity index (χ2v) is 6.09. The number of hydrazone groups is 1. The van der Waals surface area contributed by atoms with E-state index in [1.165, 1.54) is 27.5 Å². The molecule has 9 nitrogen and oxygen atoms in total. The molecule has 150 valence electrons. The molecule has 1 heterocycles. The van der Waals surface area contributed by atoms with Gasteiger partial charge in [0, 0.05) is 10.9 Å². The molecule has 3 rings (SSSR count). The summed E-state index contributed by atoms with van der Waals surface area (Å²) in [6.45, 7) is 0. The van der Waals surface area contributed by atoms with Gasteiger partial charge in [0.15, 0.2) is 17.2 Å². The average Bonchev–Trinajstić information content (AvgIpc) is 3.06. The minimum Gasteiger partial charge on any atom is -0.493 e. The van der Waals surface area contributed by atoms with E-state index in [0.29, 0.717) is 28.5 Å². The highest BCUT2D eigenvalue weighted by atomic mass is 32.1. The molecular weight excluding hydrogens is 394 g/mol. The van der Waals surface area contributed by atoms with Crippen LogP contribution in [0.2, 0.25) is 0 Å². The predicted molar refractivity (Wildman–Crippen MR) is 114 cm³/mol. The van der Waals surface area contributed by atoms with Crippen LogP contribution in [0, 0.1) is 0 Å². The maximum atomic E-state index is 9.98. The summed E-state index contributed by atoms with van der Waals surface area (Å²) in [4.78, 5) is 2.82. The van der Waals surface area contributed by atoms with Gasteiger partial charge >= 0.3 is 0 Å². The van der Waals surface area contributed by atoms with Gasteiger partial charge in [-0.2, -0.15) is 5.10 Å². The summed E-state index contributed by atoms with van der Waals surface area (Å²) in [5.74, 6) is 1.41. The maximum Gasteiger partial charge on any atom is 0.234 e. The van der Waals surface area contributed by atoms with Crippen LogP contribution < -0.4 is 19.6 Å². The van der Waals surface area contributed by atoms with E-state index in [9.17, 15) is 5.11 Å². The van der Waals surface area contributed by atoms with Gasteiger partial charge in [-0.3, -0.25) is 5.43 Å². The number of aromatic hydroxyl groups is 1. The van der Waals surface area contributed by atoms with E-state index < -0.39 is 0 Å². The predicted octanol–water partition coefficient (Wildman–Crippen LogP) is 3.89. The Bertz CT molecular complexity index is 1070. The molecule has 10 heteroatoms. The van der Waals surface area contributed by atoms with Crippen LogP contribution in [0.4, 0.5) is 5.69 Å². The van der Waals surface area contributed by atoms with Crippen molar-refractivity contribution in [2.45, 2.75) is 0 Å². The number of H-pyrrole nitrogens is 1. The van der Waals surface area contributed by atoms with Crippen molar-refractivity contribution >= 4 is 40.1 Å². The van der Waals surface area contributed by atoms with Crippen molar-refractivity contribution in [3.63, 3.8) is 0 Å². The first-order valence-electron chi connectivity index (χ1n) is 8.41. The molecule has 0 radical (unpaired) electrons. The Hall–Kier alpha value is -3.66. The van der Waals surface area contributed by atoms with Crippen molar-refractivity contribution in [2.24, 2.45) is 15.3 Å². The molecule has 0 bridgehead atoms. The molecule has 2 aromatic carbocycles. The van der Waals surface area contributed by atoms with Crippen molar-refractivity contribution in [1.82, 2.24) is 10.4 Å². The number of hydrogen-bond acceptors (Lipinski definition) is 7. The van der Waals surface area contributed by atoms with Crippen molar-refractivity contribution in [2.75, 3.05) is 21.3 Å². The average molecular weight is 413 g/mol. The summed E-state index contributed by atoms with van der Waals surface area (Å²) in [5, 5.41) is 22.7. The molecule has 0 aliphatic heterocycles. The number of nitrogens with one attached hydrogen (secondary N) is 2. The number of rotatable bonds is 6. The molecule has 0 aliphatic carbocycles. The lowest BCUT2D eigenvalue weighted by molar-refractivity contribution is 0.324. The van der Waals surface area contributed by atoms with E-state index in [1.54, 1.807) is 12.1 Å². The van der Waals surface area contributed by atoms with Crippen LogP contribution in [-0.4, -0.2) is 42.7 Å². The lowest BCUT2D eigenvalue weighted by Crippen LogP contribution is -2.11. The normalized spacial score (nSPS) is 11.3. The zero-order valence-corrected chi connectivity index (χ0v) is 16.8.